The molecule has 6 heteroatoms. The number of nitrogens with one attached hydrogen (secondary N) is 3. The zero-order chi connectivity index (χ0) is 23.9. The quantitative estimate of drug-likeness (QED) is 0.254. The van der Waals surface area contributed by atoms with Crippen molar-refractivity contribution in [2.45, 2.75) is 51.7 Å². The Morgan fingerprint density at radius 3 is 2.82 bits per heavy atom. The number of hydrogen-bond acceptors (Lipinski definition) is 5. The largest absolute Gasteiger partial charge is 0.389 e. The number of hydrogen-bond donors (Lipinski definition) is 5. The van der Waals surface area contributed by atoms with Crippen LogP contribution in [-0.4, -0.2) is 26.7 Å². The molecule has 0 bridgehead atoms. The third-order valence-corrected chi connectivity index (χ3v) is 6.93. The van der Waals surface area contributed by atoms with Gasteiger partial charge in [0.2, 0.25) is 0 Å². The van der Waals surface area contributed by atoms with Gasteiger partial charge in [-0.1, -0.05) is 18.2 Å². The standard InChI is InChI=1S/C28H32N4O2/c1-17-15-20(32-25-11-14-30-27-23(25)9-12-28(27,3)34)7-8-24(17)29-13-10-19-16-31-26-21(18(2)33)5-4-6-22(19)26/h4-8,11,14-16,18,29,31,33-34H,9-10,12-13H2,1-3H3,(H,30,32). The highest BCUT2D eigenvalue weighted by Crippen LogP contribution is 2.39. The van der Waals surface area contributed by atoms with E-state index >= 15 is 0 Å². The second-order valence-corrected chi connectivity index (χ2v) is 9.55. The number of pyridine rings is 1. The number of H-pyrrole nitrogens is 1. The van der Waals surface area contributed by atoms with Gasteiger partial charge in [0.05, 0.1) is 17.3 Å². The summed E-state index contributed by atoms with van der Waals surface area (Å²) in [5.74, 6) is 0. The molecule has 2 unspecified atom stereocenters. The summed E-state index contributed by atoms with van der Waals surface area (Å²) in [6.07, 6.45) is 5.72. The number of aryl methyl sites for hydroxylation is 1. The zero-order valence-corrected chi connectivity index (χ0v) is 19.9. The summed E-state index contributed by atoms with van der Waals surface area (Å²) in [5, 5.41) is 28.8. The highest BCUT2D eigenvalue weighted by molar-refractivity contribution is 5.86. The number of aromatic nitrogens is 2. The van der Waals surface area contributed by atoms with E-state index in [2.05, 4.69) is 51.8 Å². The lowest BCUT2D eigenvalue weighted by Crippen LogP contribution is -2.18. The minimum Gasteiger partial charge on any atom is -0.389 e. The molecule has 2 aromatic heterocycles. The summed E-state index contributed by atoms with van der Waals surface area (Å²) in [4.78, 5) is 7.75. The van der Waals surface area contributed by atoms with E-state index in [1.54, 1.807) is 13.1 Å². The van der Waals surface area contributed by atoms with Crippen molar-refractivity contribution >= 4 is 28.0 Å². The molecule has 0 radical (unpaired) electrons. The maximum atomic E-state index is 10.6. The second kappa shape index (κ2) is 8.78. The van der Waals surface area contributed by atoms with E-state index in [1.807, 2.05) is 31.3 Å². The molecule has 1 aliphatic rings. The first-order valence-corrected chi connectivity index (χ1v) is 11.9. The molecule has 0 amide bonds. The van der Waals surface area contributed by atoms with Crippen LogP contribution in [0.2, 0.25) is 0 Å². The lowest BCUT2D eigenvalue weighted by atomic mass is 10.0. The van der Waals surface area contributed by atoms with Gasteiger partial charge in [-0.3, -0.25) is 4.98 Å². The number of nitrogens with zero attached hydrogens (tertiary/aromatic N) is 1. The van der Waals surface area contributed by atoms with E-state index in [0.717, 1.165) is 64.3 Å². The van der Waals surface area contributed by atoms with E-state index < -0.39 is 11.7 Å². The van der Waals surface area contributed by atoms with Gasteiger partial charge in [0.25, 0.3) is 0 Å². The fourth-order valence-electron chi connectivity index (χ4n) is 5.03. The first-order chi connectivity index (χ1) is 16.3. The van der Waals surface area contributed by atoms with E-state index in [4.69, 9.17) is 0 Å². The Kier molecular flexibility index (Phi) is 5.80. The summed E-state index contributed by atoms with van der Waals surface area (Å²) < 4.78 is 0. The minimum atomic E-state index is -0.848. The third kappa shape index (κ3) is 4.15. The van der Waals surface area contributed by atoms with Gasteiger partial charge in [-0.05, 0) is 75.4 Å². The Hall–Kier alpha value is -3.35. The first-order valence-electron chi connectivity index (χ1n) is 11.9. The summed E-state index contributed by atoms with van der Waals surface area (Å²) in [5.41, 5.74) is 8.53. The predicted octanol–water partition coefficient (Wildman–Crippen LogP) is 5.48. The molecule has 2 atom stereocenters. The lowest BCUT2D eigenvalue weighted by molar-refractivity contribution is 0.0554. The average molecular weight is 457 g/mol. The Morgan fingerprint density at radius 1 is 1.18 bits per heavy atom. The number of fused-ring (bicyclic) bond motifs is 2. The van der Waals surface area contributed by atoms with E-state index in [9.17, 15) is 10.2 Å². The lowest BCUT2D eigenvalue weighted by Gasteiger charge is -2.17. The number of anilines is 3. The van der Waals surface area contributed by atoms with Crippen molar-refractivity contribution < 1.29 is 10.2 Å². The molecule has 0 saturated carbocycles. The molecule has 2 heterocycles. The first kappa shape index (κ1) is 22.4. The number of rotatable bonds is 7. The fraction of sp³-hybridized carbons (Fsp3) is 0.321. The number of benzene rings is 2. The smallest absolute Gasteiger partial charge is 0.104 e. The summed E-state index contributed by atoms with van der Waals surface area (Å²) in [7, 11) is 0. The number of aliphatic hydroxyl groups is 2. The molecule has 0 saturated heterocycles. The predicted molar refractivity (Wildman–Crippen MR) is 138 cm³/mol. The molecule has 5 rings (SSSR count). The molecule has 0 spiro atoms. The maximum absolute atomic E-state index is 10.6. The van der Waals surface area contributed by atoms with Crippen LogP contribution < -0.4 is 10.6 Å². The van der Waals surface area contributed by atoms with Crippen molar-refractivity contribution in [1.82, 2.24) is 9.97 Å². The van der Waals surface area contributed by atoms with Gasteiger partial charge in [0.15, 0.2) is 0 Å². The van der Waals surface area contributed by atoms with Crippen LogP contribution in [0.4, 0.5) is 17.1 Å². The highest BCUT2D eigenvalue weighted by atomic mass is 16.3. The molecule has 34 heavy (non-hydrogen) atoms. The molecule has 2 aromatic carbocycles. The molecule has 5 N–H and O–H groups in total. The fourth-order valence-corrected chi connectivity index (χ4v) is 5.03. The van der Waals surface area contributed by atoms with Gasteiger partial charge in [-0.25, -0.2) is 0 Å². The molecule has 4 aromatic rings. The van der Waals surface area contributed by atoms with Crippen molar-refractivity contribution in [2.75, 3.05) is 17.2 Å². The van der Waals surface area contributed by atoms with Crippen LogP contribution in [0.5, 0.6) is 0 Å². The number of aromatic amines is 1. The van der Waals surface area contributed by atoms with Gasteiger partial charge in [0, 0.05) is 52.5 Å². The molecular formula is C28H32N4O2. The number of para-hydroxylation sites is 1. The Labute approximate surface area is 200 Å². The Bertz CT molecular complexity index is 1340. The number of aliphatic hydroxyl groups excluding tert-OH is 1. The monoisotopic (exact) mass is 456 g/mol. The van der Waals surface area contributed by atoms with Crippen molar-refractivity contribution in [2.24, 2.45) is 0 Å². The van der Waals surface area contributed by atoms with Crippen molar-refractivity contribution in [1.29, 1.82) is 0 Å². The van der Waals surface area contributed by atoms with Crippen molar-refractivity contribution in [3.63, 3.8) is 0 Å². The van der Waals surface area contributed by atoms with Crippen LogP contribution in [0.25, 0.3) is 10.9 Å². The minimum absolute atomic E-state index is 0.496. The Balaban J connectivity index is 1.26. The average Bonchev–Trinajstić information content (AvgIpc) is 3.36. The molecule has 6 nitrogen and oxygen atoms in total. The van der Waals surface area contributed by atoms with Crippen LogP contribution in [-0.2, 0) is 18.4 Å². The van der Waals surface area contributed by atoms with Crippen molar-refractivity contribution in [3.05, 3.63) is 82.8 Å². The van der Waals surface area contributed by atoms with Crippen LogP contribution in [0.15, 0.2) is 54.9 Å². The topological polar surface area (TPSA) is 93.2 Å². The van der Waals surface area contributed by atoms with E-state index in [0.29, 0.717) is 6.42 Å². The zero-order valence-electron chi connectivity index (χ0n) is 19.9. The molecular weight excluding hydrogens is 424 g/mol. The molecule has 0 fully saturated rings. The molecule has 0 aliphatic heterocycles. The second-order valence-electron chi connectivity index (χ2n) is 9.55. The highest BCUT2D eigenvalue weighted by Gasteiger charge is 2.34. The van der Waals surface area contributed by atoms with Crippen molar-refractivity contribution in [3.8, 4) is 0 Å². The Morgan fingerprint density at radius 2 is 2.03 bits per heavy atom. The van der Waals surface area contributed by atoms with Gasteiger partial charge in [0.1, 0.15) is 5.60 Å². The van der Waals surface area contributed by atoms with E-state index in [1.165, 1.54) is 10.9 Å². The van der Waals surface area contributed by atoms with Gasteiger partial charge in [-0.2, -0.15) is 0 Å². The van der Waals surface area contributed by atoms with E-state index in [-0.39, 0.29) is 0 Å². The normalized spacial score (nSPS) is 18.1. The van der Waals surface area contributed by atoms with Crippen LogP contribution in [0.3, 0.4) is 0 Å². The van der Waals surface area contributed by atoms with Crippen LogP contribution in [0, 0.1) is 6.92 Å². The van der Waals surface area contributed by atoms with Crippen LogP contribution in [0.1, 0.15) is 54.3 Å². The summed E-state index contributed by atoms with van der Waals surface area (Å²) in [6.45, 7) is 6.55. The van der Waals surface area contributed by atoms with Crippen LogP contribution >= 0.6 is 0 Å². The SMILES string of the molecule is Cc1cc(Nc2ccnc3c2CCC3(C)O)ccc1NCCc1c[nH]c2c(C(C)O)cccc12. The molecule has 176 valence electrons. The van der Waals surface area contributed by atoms with Gasteiger partial charge >= 0.3 is 0 Å². The van der Waals surface area contributed by atoms with Gasteiger partial charge in [-0.15, -0.1) is 0 Å². The maximum Gasteiger partial charge on any atom is 0.104 e. The molecule has 1 aliphatic carbocycles. The van der Waals surface area contributed by atoms with Gasteiger partial charge < -0.3 is 25.8 Å². The third-order valence-electron chi connectivity index (χ3n) is 6.93. The summed E-state index contributed by atoms with van der Waals surface area (Å²) >= 11 is 0. The summed E-state index contributed by atoms with van der Waals surface area (Å²) in [6, 6.07) is 14.4.